The third-order valence-electron chi connectivity index (χ3n) is 5.22. The number of esters is 1. The number of nitrogens with one attached hydrogen (secondary N) is 1. The number of nitrogens with zero attached hydrogens (tertiary/aromatic N) is 2. The topological polar surface area (TPSA) is 112 Å². The van der Waals surface area contributed by atoms with Crippen molar-refractivity contribution in [3.8, 4) is 28.5 Å². The maximum atomic E-state index is 12.7. The Bertz CT molecular complexity index is 1410. The SMILES string of the molecule is Cc1onc(-c2ccccc2)c1C(=O)N/N=C/c1ccc(OC(=O)c2ccc3c(c2)OCO3)cc1. The molecule has 0 atom stereocenters. The minimum absolute atomic E-state index is 0.129. The van der Waals surface area contributed by atoms with Gasteiger partial charge in [-0.05, 0) is 55.0 Å². The second kappa shape index (κ2) is 9.52. The van der Waals surface area contributed by atoms with Gasteiger partial charge in [0.1, 0.15) is 22.8 Å². The van der Waals surface area contributed by atoms with Crippen molar-refractivity contribution >= 4 is 18.1 Å². The first-order valence-corrected chi connectivity index (χ1v) is 10.7. The summed E-state index contributed by atoms with van der Waals surface area (Å²) in [5, 5.41) is 8.02. The van der Waals surface area contributed by atoms with Gasteiger partial charge in [0.05, 0.1) is 11.8 Å². The summed E-state index contributed by atoms with van der Waals surface area (Å²) >= 11 is 0. The van der Waals surface area contributed by atoms with Crippen molar-refractivity contribution in [3.05, 3.63) is 95.2 Å². The minimum Gasteiger partial charge on any atom is -0.454 e. The summed E-state index contributed by atoms with van der Waals surface area (Å²) in [5.74, 6) is 0.896. The number of amides is 1. The van der Waals surface area contributed by atoms with E-state index in [1.165, 1.54) is 6.21 Å². The fourth-order valence-corrected chi connectivity index (χ4v) is 3.47. The van der Waals surface area contributed by atoms with E-state index in [-0.39, 0.29) is 6.79 Å². The van der Waals surface area contributed by atoms with Crippen LogP contribution in [0, 0.1) is 6.92 Å². The normalized spacial score (nSPS) is 12.0. The van der Waals surface area contributed by atoms with Crippen molar-refractivity contribution in [2.24, 2.45) is 5.10 Å². The lowest BCUT2D eigenvalue weighted by molar-refractivity contribution is 0.0734. The van der Waals surface area contributed by atoms with E-state index in [0.717, 1.165) is 5.56 Å². The zero-order valence-corrected chi connectivity index (χ0v) is 18.6. The first kappa shape index (κ1) is 21.9. The van der Waals surface area contributed by atoms with E-state index in [1.54, 1.807) is 49.4 Å². The maximum absolute atomic E-state index is 12.7. The van der Waals surface area contributed by atoms with Gasteiger partial charge in [-0.25, -0.2) is 10.2 Å². The Morgan fingerprint density at radius 3 is 2.57 bits per heavy atom. The van der Waals surface area contributed by atoms with Gasteiger partial charge in [0.2, 0.25) is 6.79 Å². The van der Waals surface area contributed by atoms with Crippen LogP contribution in [0.3, 0.4) is 0 Å². The average molecular weight is 469 g/mol. The van der Waals surface area contributed by atoms with Crippen LogP contribution < -0.4 is 19.6 Å². The number of ether oxygens (including phenoxy) is 3. The third kappa shape index (κ3) is 4.74. The molecule has 1 N–H and O–H groups in total. The summed E-state index contributed by atoms with van der Waals surface area (Å²) in [7, 11) is 0. The lowest BCUT2D eigenvalue weighted by Gasteiger charge is -2.05. The molecule has 174 valence electrons. The number of hydrogen-bond donors (Lipinski definition) is 1. The van der Waals surface area contributed by atoms with Gasteiger partial charge in [-0.1, -0.05) is 35.5 Å². The summed E-state index contributed by atoms with van der Waals surface area (Å²) in [6, 6.07) is 20.8. The Morgan fingerprint density at radius 1 is 1.00 bits per heavy atom. The van der Waals surface area contributed by atoms with Gasteiger partial charge in [-0.15, -0.1) is 0 Å². The molecule has 5 rings (SSSR count). The average Bonchev–Trinajstić information content (AvgIpc) is 3.51. The molecule has 0 aliphatic carbocycles. The molecule has 1 aliphatic rings. The molecule has 1 aliphatic heterocycles. The quantitative estimate of drug-likeness (QED) is 0.193. The van der Waals surface area contributed by atoms with Crippen LogP contribution in [-0.2, 0) is 0 Å². The summed E-state index contributed by atoms with van der Waals surface area (Å²) in [4.78, 5) is 25.1. The molecule has 1 aromatic heterocycles. The number of rotatable bonds is 6. The standard InChI is InChI=1S/C26H19N3O6/c1-16-23(24(29-35-16)18-5-3-2-4-6-18)25(30)28-27-14-17-7-10-20(11-8-17)34-26(31)19-9-12-21-22(13-19)33-15-32-21/h2-14H,15H2,1H3,(H,28,30)/b27-14+. The molecule has 0 saturated heterocycles. The van der Waals surface area contributed by atoms with Crippen LogP contribution in [-0.4, -0.2) is 30.0 Å². The van der Waals surface area contributed by atoms with E-state index in [1.807, 2.05) is 30.3 Å². The number of fused-ring (bicyclic) bond motifs is 1. The largest absolute Gasteiger partial charge is 0.454 e. The highest BCUT2D eigenvalue weighted by atomic mass is 16.7. The Balaban J connectivity index is 1.21. The Morgan fingerprint density at radius 2 is 1.77 bits per heavy atom. The highest BCUT2D eigenvalue weighted by molar-refractivity contribution is 6.01. The highest BCUT2D eigenvalue weighted by Crippen LogP contribution is 2.32. The minimum atomic E-state index is -0.518. The van der Waals surface area contributed by atoms with Crippen LogP contribution in [0.15, 0.2) is 82.4 Å². The van der Waals surface area contributed by atoms with Crippen LogP contribution in [0.1, 0.15) is 32.0 Å². The lowest BCUT2D eigenvalue weighted by Crippen LogP contribution is -2.18. The van der Waals surface area contributed by atoms with E-state index >= 15 is 0 Å². The predicted octanol–water partition coefficient (Wildman–Crippen LogP) is 4.36. The molecule has 0 fully saturated rings. The first-order chi connectivity index (χ1) is 17.1. The number of carbonyl (C=O) groups is 2. The molecule has 35 heavy (non-hydrogen) atoms. The van der Waals surface area contributed by atoms with Crippen LogP contribution in [0.4, 0.5) is 0 Å². The van der Waals surface area contributed by atoms with Gasteiger partial charge in [0.15, 0.2) is 11.5 Å². The molecule has 1 amide bonds. The van der Waals surface area contributed by atoms with Gasteiger partial charge in [-0.3, -0.25) is 4.79 Å². The molecular weight excluding hydrogens is 450 g/mol. The van der Waals surface area contributed by atoms with Gasteiger partial charge >= 0.3 is 5.97 Å². The van der Waals surface area contributed by atoms with Crippen LogP contribution in [0.5, 0.6) is 17.2 Å². The Kier molecular flexibility index (Phi) is 5.96. The molecule has 0 saturated carbocycles. The number of aromatic nitrogens is 1. The summed E-state index contributed by atoms with van der Waals surface area (Å²) in [6.45, 7) is 1.80. The van der Waals surface area contributed by atoms with Crippen LogP contribution in [0.2, 0.25) is 0 Å². The zero-order chi connectivity index (χ0) is 24.2. The second-order valence-corrected chi connectivity index (χ2v) is 7.55. The van der Waals surface area contributed by atoms with Crippen molar-refractivity contribution in [2.45, 2.75) is 6.92 Å². The van der Waals surface area contributed by atoms with Gasteiger partial charge in [0, 0.05) is 5.56 Å². The summed E-state index contributed by atoms with van der Waals surface area (Å²) in [5.41, 5.74) is 5.07. The monoisotopic (exact) mass is 469 g/mol. The Labute approximate surface area is 199 Å². The molecular formula is C26H19N3O6. The number of hydrazone groups is 1. The first-order valence-electron chi connectivity index (χ1n) is 10.7. The van der Waals surface area contributed by atoms with E-state index in [4.69, 9.17) is 18.7 Å². The van der Waals surface area contributed by atoms with E-state index < -0.39 is 11.9 Å². The fraction of sp³-hybridized carbons (Fsp3) is 0.0769. The molecule has 0 spiro atoms. The summed E-state index contributed by atoms with van der Waals surface area (Å²) in [6.07, 6.45) is 1.48. The van der Waals surface area contributed by atoms with E-state index in [0.29, 0.717) is 45.4 Å². The zero-order valence-electron chi connectivity index (χ0n) is 18.6. The Hall–Kier alpha value is -4.92. The smallest absolute Gasteiger partial charge is 0.343 e. The molecule has 0 bridgehead atoms. The summed E-state index contributed by atoms with van der Waals surface area (Å²) < 4.78 is 21.2. The number of aryl methyl sites for hydroxylation is 1. The molecule has 2 heterocycles. The molecule has 9 nitrogen and oxygen atoms in total. The third-order valence-corrected chi connectivity index (χ3v) is 5.22. The van der Waals surface area contributed by atoms with Crippen molar-refractivity contribution in [3.63, 3.8) is 0 Å². The van der Waals surface area contributed by atoms with Crippen molar-refractivity contribution in [1.82, 2.24) is 10.6 Å². The molecule has 3 aromatic carbocycles. The molecule has 0 radical (unpaired) electrons. The van der Waals surface area contributed by atoms with Gasteiger partial charge in [0.25, 0.3) is 5.91 Å². The van der Waals surface area contributed by atoms with E-state index in [2.05, 4.69) is 15.7 Å². The number of hydrogen-bond acceptors (Lipinski definition) is 8. The van der Waals surface area contributed by atoms with E-state index in [9.17, 15) is 9.59 Å². The number of benzene rings is 3. The van der Waals surface area contributed by atoms with Crippen LogP contribution >= 0.6 is 0 Å². The second-order valence-electron chi connectivity index (χ2n) is 7.55. The van der Waals surface area contributed by atoms with Crippen LogP contribution in [0.25, 0.3) is 11.3 Å². The fourth-order valence-electron chi connectivity index (χ4n) is 3.47. The molecule has 4 aromatic rings. The van der Waals surface area contributed by atoms with Gasteiger partial charge < -0.3 is 18.7 Å². The number of carbonyl (C=O) groups excluding carboxylic acids is 2. The van der Waals surface area contributed by atoms with Crippen molar-refractivity contribution < 1.29 is 28.3 Å². The molecule has 0 unspecified atom stereocenters. The van der Waals surface area contributed by atoms with Gasteiger partial charge in [-0.2, -0.15) is 5.10 Å². The maximum Gasteiger partial charge on any atom is 0.343 e. The highest BCUT2D eigenvalue weighted by Gasteiger charge is 2.21. The lowest BCUT2D eigenvalue weighted by atomic mass is 10.1. The predicted molar refractivity (Wildman–Crippen MR) is 126 cm³/mol. The molecule has 9 heteroatoms. The van der Waals surface area contributed by atoms with Crippen molar-refractivity contribution in [2.75, 3.05) is 6.79 Å². The van der Waals surface area contributed by atoms with Crippen molar-refractivity contribution in [1.29, 1.82) is 0 Å².